The van der Waals surface area contributed by atoms with Crippen molar-refractivity contribution in [3.8, 4) is 34.5 Å². The molecule has 3 heterocycles. The van der Waals surface area contributed by atoms with E-state index in [2.05, 4.69) is 53.5 Å². The van der Waals surface area contributed by atoms with Crippen molar-refractivity contribution >= 4 is 145 Å². The summed E-state index contributed by atoms with van der Waals surface area (Å²) in [5, 5.41) is 15.6. The number of H-pyrrole nitrogens is 1. The molecule has 0 atom stereocenters. The maximum absolute atomic E-state index is 13.8. The van der Waals surface area contributed by atoms with Crippen LogP contribution in [0.25, 0.3) is 59.7 Å². The molecule has 0 aliphatic rings. The Morgan fingerprint density at radius 1 is 0.579 bits per heavy atom. The average Bonchev–Trinajstić information content (AvgIpc) is 1.63. The summed E-state index contributed by atoms with van der Waals surface area (Å²) in [6.07, 6.45) is 1.61. The van der Waals surface area contributed by atoms with Crippen LogP contribution in [0.3, 0.4) is 0 Å². The fraction of sp³-hybridized carbons (Fsp3) is 0.231. The Morgan fingerprint density at radius 2 is 1.00 bits per heavy atom. The molecule has 107 heavy (non-hydrogen) atoms. The monoisotopic (exact) mass is 1620 g/mol. The summed E-state index contributed by atoms with van der Waals surface area (Å²) < 4.78 is 146. The van der Waals surface area contributed by atoms with Gasteiger partial charge in [-0.15, -0.1) is 0 Å². The number of hydrogen-bond donors (Lipinski definition) is 3. The van der Waals surface area contributed by atoms with Gasteiger partial charge in [-0.25, -0.2) is 45.5 Å². The van der Waals surface area contributed by atoms with E-state index in [1.165, 1.54) is 134 Å². The molecule has 9 aromatic rings. The van der Waals surface area contributed by atoms with Gasteiger partial charge in [0.05, 0.1) is 126 Å². The third-order valence-corrected chi connectivity index (χ3v) is 15.3. The first-order valence-electron chi connectivity index (χ1n) is 28.8. The number of methoxy groups -OCH3 is 9. The number of fused-ring (bicyclic) bond motifs is 3. The van der Waals surface area contributed by atoms with Crippen LogP contribution in [0.5, 0.6) is 34.5 Å². The Balaban J connectivity index is 0. The number of alkyl halides is 1. The van der Waals surface area contributed by atoms with Gasteiger partial charge in [0.15, 0.2) is 75.7 Å². The van der Waals surface area contributed by atoms with Gasteiger partial charge in [-0.1, -0.05) is 85.9 Å². The third-order valence-electron chi connectivity index (χ3n) is 13.1. The predicted octanol–water partition coefficient (Wildman–Crippen LogP) is 14.7. The van der Waals surface area contributed by atoms with E-state index in [-0.39, 0.29) is 130 Å². The summed E-state index contributed by atoms with van der Waals surface area (Å²) in [5.41, 5.74) is 18.2. The van der Waals surface area contributed by atoms with Crippen LogP contribution in [-0.2, 0) is 42.6 Å². The first kappa shape index (κ1) is 96.9. The van der Waals surface area contributed by atoms with Gasteiger partial charge < -0.3 is 78.2 Å². The number of aromatic carboxylic acids is 1. The van der Waals surface area contributed by atoms with E-state index >= 15 is 0 Å². The largest absolute Gasteiger partial charge is 1.00 e. The van der Waals surface area contributed by atoms with Gasteiger partial charge in [0.1, 0.15) is 29.3 Å². The van der Waals surface area contributed by atoms with E-state index in [0.717, 1.165) is 13.2 Å². The number of benzene rings is 6. The molecule has 6 N–H and O–H groups in total. The van der Waals surface area contributed by atoms with Crippen LogP contribution in [-0.4, -0.2) is 145 Å². The number of nitrogens with one attached hydrogen (secondary N) is 1. The van der Waals surface area contributed by atoms with E-state index in [1.54, 1.807) is 31.7 Å². The molecule has 3 aromatic heterocycles. The second kappa shape index (κ2) is 48.9. The number of aldehydes is 1. The predicted molar refractivity (Wildman–Crippen MR) is 381 cm³/mol. The number of azide groups is 2. The summed E-state index contributed by atoms with van der Waals surface area (Å²) >= 11 is 34.3. The van der Waals surface area contributed by atoms with Gasteiger partial charge >= 0.3 is 48.7 Å². The molecule has 0 aliphatic heterocycles. The van der Waals surface area contributed by atoms with E-state index in [4.69, 9.17) is 106 Å². The van der Waals surface area contributed by atoms with Crippen molar-refractivity contribution < 1.29 is 138 Å². The van der Waals surface area contributed by atoms with Gasteiger partial charge in [-0.3, -0.25) is 14.0 Å². The Bertz CT molecular complexity index is 4750. The summed E-state index contributed by atoms with van der Waals surface area (Å²) in [7, 11) is 13.9. The van der Waals surface area contributed by atoms with Crippen LogP contribution >= 0.6 is 69.6 Å². The van der Waals surface area contributed by atoms with Crippen molar-refractivity contribution in [2.24, 2.45) is 24.3 Å². The molecule has 0 aliphatic carbocycles. The minimum Gasteiger partial charge on any atom is -0.870 e. The molecule has 9 rings (SSSR count). The van der Waals surface area contributed by atoms with Gasteiger partial charge in [-0.05, 0) is 84.2 Å². The molecule has 0 unspecified atom stereocenters. The zero-order valence-corrected chi connectivity index (χ0v) is 62.9. The molecule has 0 saturated carbocycles. The number of nitrogens with zero attached hydrogens (tertiary/aromatic N) is 8. The number of hydrogen-bond acceptors (Lipinski definition) is 20. The molecule has 574 valence electrons. The van der Waals surface area contributed by atoms with Crippen LogP contribution in [0, 0.1) is 34.9 Å². The van der Waals surface area contributed by atoms with Crippen molar-refractivity contribution in [2.75, 3.05) is 84.3 Å². The Morgan fingerprint density at radius 3 is 1.41 bits per heavy atom. The standard InChI is InChI=1S/C12H11ClFNO3.C11H9ClFN3O3.2C11H9ClFNO3.C8H6ClFO2.C7H6ClFO.C4H7N3O2.CH3F.Li.H3N.H2O/c1-15-7-5-9(17-2)11(14)10(13)6(7)4-8(15)12(16)18-3;1-18-8-4-3-6(9(12)10(8)13)5-7(15-16-14)11(17)19-2;1-16-8-4-6-5(9(12)10(8)13)3-7(14-6)11(15)17-2;1-14-6-4-8(17-2)10(13)9(12)5(6)3-7(14)11(15)16;1-12-6-3-2-5(4-11)7(9)8(6)10;1-10-6-4-2-3-5(8)7(6)9;1-2-9-4(8)3-6-7-5;1-2;;;/h4-5H,1-3H3;3-5H,1-2H3;3-4,14H,1-2H3;3-4H,1-2H3,(H,15,16);2-4H,1H3;2-4H,1H3;2-3H2,1H3;1H3;;1H3;1H2/q;;;;;;;;+1;;/p-1/b;7-5-;;;;;;;;;/i;;;;;;;1D;;;. The maximum Gasteiger partial charge on any atom is 1.00 e. The van der Waals surface area contributed by atoms with Crippen LogP contribution in [0.1, 0.15) is 55.7 Å². The SMILES string of the molecule is CCOC(=O)CN=[N+]=[N-].COC(=O)/C(=C/c1ccc(OC)c(F)c1Cl)N=[N+]=[N-].COC(=O)c1cc2c(Cl)c(F)c(OC)cc2[nH]1.COC(=O)c1cc2c(Cl)c(F)c(OC)cc2n1C.COc1cc2c(cc(C(=O)O)n2C)c(Cl)c1F.COc1ccc(C=O)c(Cl)c1F.COc1cccc(Cl)c1F.N.[2H]CF.[Li+].[OH-]. The fourth-order valence-electron chi connectivity index (χ4n) is 8.10. The zero-order chi connectivity index (χ0) is 79.7. The van der Waals surface area contributed by atoms with Crippen molar-refractivity contribution in [1.29, 1.82) is 0 Å². The smallest absolute Gasteiger partial charge is 0.870 e. The molecular weight excluding hydrogens is 1560 g/mol. The second-order valence-corrected chi connectivity index (χ2v) is 21.1. The van der Waals surface area contributed by atoms with E-state index in [0.29, 0.717) is 51.3 Å². The van der Waals surface area contributed by atoms with E-state index in [9.17, 15) is 59.5 Å². The van der Waals surface area contributed by atoms with Crippen molar-refractivity contribution in [3.05, 3.63) is 199 Å². The molecule has 0 amide bonds. The quantitative estimate of drug-likeness (QED) is 0.00930. The number of aromatic amines is 1. The number of esters is 4. The summed E-state index contributed by atoms with van der Waals surface area (Å²) in [4.78, 5) is 73.4. The molecule has 42 heteroatoms. The Labute approximate surface area is 647 Å². The number of carbonyl (C=O) groups is 6. The number of halogens is 13. The third kappa shape index (κ3) is 26.1. The molecule has 0 bridgehead atoms. The van der Waals surface area contributed by atoms with Crippen LogP contribution in [0.2, 0.25) is 30.1 Å². The first-order valence-corrected chi connectivity index (χ1v) is 30.4. The Hall–Kier alpha value is -10.1. The van der Waals surface area contributed by atoms with E-state index < -0.39 is 71.9 Å². The number of carbonyl (C=O) groups excluding carboxylic acids is 5. The van der Waals surface area contributed by atoms with Crippen molar-refractivity contribution in [1.82, 2.24) is 20.3 Å². The average molecular weight is 1630 g/mol. The number of carboxylic acid groups (broad SMARTS) is 1. The molecular formula is C65H64Cl6F7LiN10O18. The summed E-state index contributed by atoms with van der Waals surface area (Å²) in [6.45, 7) is 1.79. The number of rotatable bonds is 16. The van der Waals surface area contributed by atoms with Crippen molar-refractivity contribution in [2.45, 2.75) is 6.92 Å². The first-order chi connectivity index (χ1) is 49.8. The van der Waals surface area contributed by atoms with Crippen molar-refractivity contribution in [3.63, 3.8) is 0 Å². The molecule has 0 fully saturated rings. The maximum atomic E-state index is 13.8. The fourth-order valence-corrected chi connectivity index (χ4v) is 9.42. The summed E-state index contributed by atoms with van der Waals surface area (Å²) in [5.74, 6) is -7.27. The summed E-state index contributed by atoms with van der Waals surface area (Å²) in [6, 6.07) is 18.7. The van der Waals surface area contributed by atoms with E-state index in [1.807, 2.05) is 0 Å². The topological polar surface area (TPSA) is 403 Å². The number of carboxylic acids is 1. The number of aromatic nitrogens is 3. The molecule has 28 nitrogen and oxygen atoms in total. The van der Waals surface area contributed by atoms with Gasteiger partial charge in [-0.2, -0.15) is 0 Å². The van der Waals surface area contributed by atoms with Crippen LogP contribution in [0.4, 0.5) is 30.7 Å². The minimum absolute atomic E-state index is 0. The van der Waals surface area contributed by atoms with Gasteiger partial charge in [0.25, 0.3) is 0 Å². The molecule has 0 saturated heterocycles. The van der Waals surface area contributed by atoms with Gasteiger partial charge in [0, 0.05) is 63.8 Å². The molecule has 0 radical (unpaired) electrons. The molecule has 6 aromatic carbocycles. The van der Waals surface area contributed by atoms with Crippen LogP contribution < -0.4 is 53.4 Å². The normalized spacial score (nSPS) is 9.88. The number of aryl methyl sites for hydroxylation is 2. The Kier molecular flexibility index (Phi) is 44.3. The molecule has 0 spiro atoms. The minimum atomic E-state index is -1.10. The zero-order valence-electron chi connectivity index (χ0n) is 59.4. The second-order valence-electron chi connectivity index (χ2n) is 18.8. The van der Waals surface area contributed by atoms with Crippen LogP contribution in [0.15, 0.2) is 94.8 Å². The number of ether oxygens (including phenoxy) is 10. The van der Waals surface area contributed by atoms with Gasteiger partial charge in [0.2, 0.25) is 0 Å².